The first-order valence-corrected chi connectivity index (χ1v) is 9.90. The molecule has 1 atom stereocenters. The second-order valence-corrected chi connectivity index (χ2v) is 7.95. The number of carbonyl (C=O) groups excluding carboxylic acids is 2. The maximum atomic E-state index is 13.2. The lowest BCUT2D eigenvalue weighted by atomic mass is 10.2. The third kappa shape index (κ3) is 5.96. The molecule has 0 spiro atoms. The largest absolute Gasteiger partial charge is 0.347 e. The molecule has 29 heavy (non-hydrogen) atoms. The summed E-state index contributed by atoms with van der Waals surface area (Å²) in [7, 11) is 1.66. The number of thiazole rings is 1. The Morgan fingerprint density at radius 3 is 2.90 bits per heavy atom. The second-order valence-electron chi connectivity index (χ2n) is 7.09. The Labute approximate surface area is 172 Å². The molecule has 0 bridgehead atoms. The summed E-state index contributed by atoms with van der Waals surface area (Å²) in [6, 6.07) is 5.55. The molecule has 1 fully saturated rings. The Morgan fingerprint density at radius 1 is 1.41 bits per heavy atom. The molecule has 0 aliphatic carbocycles. The molecule has 2 aromatic rings. The highest BCUT2D eigenvalue weighted by Crippen LogP contribution is 2.24. The van der Waals surface area contributed by atoms with Crippen molar-refractivity contribution in [2.75, 3.05) is 19.0 Å². The number of nitrogens with one attached hydrogen (secondary N) is 2. The standard InChI is InChI=1S/C19H23FN4O4S/c1-19(2)27-10-15(28-19)16(25)24(3)9-14-11-29-18(22-14)23-17(26)21-8-12-5-4-6-13(20)7-12/h4-7,11,15H,8-10H2,1-3H3,(H2,21,22,23,26)/t15-/m0/s1. The Kier molecular flexibility index (Phi) is 6.46. The molecule has 8 nitrogen and oxygen atoms in total. The number of likely N-dealkylation sites (N-methyl/N-ethyl adjacent to an activating group) is 1. The number of carbonyl (C=O) groups is 2. The van der Waals surface area contributed by atoms with E-state index in [0.717, 1.165) is 0 Å². The van der Waals surface area contributed by atoms with E-state index in [1.807, 2.05) is 0 Å². The Bertz CT molecular complexity index is 889. The van der Waals surface area contributed by atoms with Gasteiger partial charge in [0, 0.05) is 19.0 Å². The molecule has 3 rings (SSSR count). The molecule has 10 heteroatoms. The van der Waals surface area contributed by atoms with Crippen LogP contribution in [0.4, 0.5) is 14.3 Å². The first-order valence-electron chi connectivity index (χ1n) is 9.02. The number of urea groups is 1. The van der Waals surface area contributed by atoms with Gasteiger partial charge in [-0.25, -0.2) is 14.2 Å². The van der Waals surface area contributed by atoms with Gasteiger partial charge in [0.25, 0.3) is 5.91 Å². The second kappa shape index (κ2) is 8.85. The van der Waals surface area contributed by atoms with E-state index in [4.69, 9.17) is 9.47 Å². The van der Waals surface area contributed by atoms with Gasteiger partial charge in [0.15, 0.2) is 17.0 Å². The maximum Gasteiger partial charge on any atom is 0.321 e. The molecule has 2 heterocycles. The number of anilines is 1. The SMILES string of the molecule is CN(Cc1csc(NC(=O)NCc2cccc(F)c2)n1)C(=O)[C@@H]1COC(C)(C)O1. The van der Waals surface area contributed by atoms with Gasteiger partial charge in [-0.2, -0.15) is 0 Å². The molecule has 2 N–H and O–H groups in total. The molecule has 1 aliphatic heterocycles. The first-order chi connectivity index (χ1) is 13.7. The van der Waals surface area contributed by atoms with E-state index in [0.29, 0.717) is 16.4 Å². The smallest absolute Gasteiger partial charge is 0.321 e. The van der Waals surface area contributed by atoms with E-state index in [1.54, 1.807) is 38.4 Å². The summed E-state index contributed by atoms with van der Waals surface area (Å²) in [6.07, 6.45) is -0.639. The van der Waals surface area contributed by atoms with Crippen LogP contribution >= 0.6 is 11.3 Å². The van der Waals surface area contributed by atoms with Crippen LogP contribution in [0.3, 0.4) is 0 Å². The van der Waals surface area contributed by atoms with Crippen LogP contribution in [0, 0.1) is 5.82 Å². The summed E-state index contributed by atoms with van der Waals surface area (Å²) in [5, 5.41) is 7.44. The molecule has 1 aromatic carbocycles. The Balaban J connectivity index is 1.47. The van der Waals surface area contributed by atoms with Gasteiger partial charge >= 0.3 is 6.03 Å². The fraction of sp³-hybridized carbons (Fsp3) is 0.421. The topological polar surface area (TPSA) is 92.8 Å². The molecule has 1 aromatic heterocycles. The van der Waals surface area contributed by atoms with E-state index in [2.05, 4.69) is 15.6 Å². The summed E-state index contributed by atoms with van der Waals surface area (Å²) >= 11 is 1.25. The number of hydrogen-bond donors (Lipinski definition) is 2. The van der Waals surface area contributed by atoms with Crippen molar-refractivity contribution in [3.05, 3.63) is 46.7 Å². The van der Waals surface area contributed by atoms with Crippen molar-refractivity contribution in [1.82, 2.24) is 15.2 Å². The van der Waals surface area contributed by atoms with E-state index in [1.165, 1.54) is 28.4 Å². The van der Waals surface area contributed by atoms with Gasteiger partial charge < -0.3 is 19.7 Å². The number of benzene rings is 1. The lowest BCUT2D eigenvalue weighted by molar-refractivity contribution is -0.159. The summed E-state index contributed by atoms with van der Waals surface area (Å²) in [6.45, 7) is 4.21. The molecule has 156 valence electrons. The fourth-order valence-electron chi connectivity index (χ4n) is 2.78. The highest BCUT2D eigenvalue weighted by Gasteiger charge is 2.38. The lowest BCUT2D eigenvalue weighted by Gasteiger charge is -2.21. The lowest BCUT2D eigenvalue weighted by Crippen LogP contribution is -2.38. The van der Waals surface area contributed by atoms with Gasteiger partial charge in [-0.05, 0) is 31.5 Å². The quantitative estimate of drug-likeness (QED) is 0.747. The highest BCUT2D eigenvalue weighted by atomic mass is 32.1. The van der Waals surface area contributed by atoms with Crippen molar-refractivity contribution in [2.45, 2.75) is 38.8 Å². The van der Waals surface area contributed by atoms with Gasteiger partial charge in [0.2, 0.25) is 0 Å². The average Bonchev–Trinajstić information content (AvgIpc) is 3.25. The molecule has 0 radical (unpaired) electrons. The third-order valence-corrected chi connectivity index (χ3v) is 4.98. The van der Waals surface area contributed by atoms with Crippen molar-refractivity contribution in [2.24, 2.45) is 0 Å². The third-order valence-electron chi connectivity index (χ3n) is 4.17. The average molecular weight is 422 g/mol. The zero-order valence-corrected chi connectivity index (χ0v) is 17.2. The van der Waals surface area contributed by atoms with Gasteiger partial charge in [-0.3, -0.25) is 10.1 Å². The van der Waals surface area contributed by atoms with Crippen molar-refractivity contribution in [3.63, 3.8) is 0 Å². The molecule has 1 saturated heterocycles. The summed E-state index contributed by atoms with van der Waals surface area (Å²) in [5.74, 6) is -1.31. The van der Waals surface area contributed by atoms with E-state index < -0.39 is 17.9 Å². The van der Waals surface area contributed by atoms with Crippen molar-refractivity contribution in [3.8, 4) is 0 Å². The predicted molar refractivity (Wildman–Crippen MR) is 106 cm³/mol. The van der Waals surface area contributed by atoms with Crippen LogP contribution in [0.1, 0.15) is 25.1 Å². The summed E-state index contributed by atoms with van der Waals surface area (Å²) < 4.78 is 24.2. The Morgan fingerprint density at radius 2 is 2.21 bits per heavy atom. The minimum atomic E-state index is -0.766. The number of ether oxygens (including phenoxy) is 2. The van der Waals surface area contributed by atoms with Crippen LogP contribution in [-0.4, -0.2) is 47.4 Å². The number of rotatable bonds is 6. The minimum absolute atomic E-state index is 0.189. The number of halogens is 1. The molecule has 0 unspecified atom stereocenters. The number of hydrogen-bond acceptors (Lipinski definition) is 6. The van der Waals surface area contributed by atoms with Crippen LogP contribution in [0.2, 0.25) is 0 Å². The molecular weight excluding hydrogens is 399 g/mol. The molecular formula is C19H23FN4O4S. The van der Waals surface area contributed by atoms with Gasteiger partial charge in [0.1, 0.15) is 5.82 Å². The van der Waals surface area contributed by atoms with Crippen LogP contribution in [-0.2, 0) is 27.4 Å². The first kappa shape index (κ1) is 21.2. The zero-order valence-electron chi connectivity index (χ0n) is 16.4. The van der Waals surface area contributed by atoms with E-state index in [9.17, 15) is 14.0 Å². The summed E-state index contributed by atoms with van der Waals surface area (Å²) in [4.78, 5) is 30.3. The monoisotopic (exact) mass is 422 g/mol. The van der Waals surface area contributed by atoms with E-state index in [-0.39, 0.29) is 31.4 Å². The van der Waals surface area contributed by atoms with Crippen molar-refractivity contribution < 1.29 is 23.5 Å². The molecule has 3 amide bonds. The number of aromatic nitrogens is 1. The van der Waals surface area contributed by atoms with Gasteiger partial charge in [-0.1, -0.05) is 12.1 Å². The predicted octanol–water partition coefficient (Wildman–Crippen LogP) is 2.71. The van der Waals surface area contributed by atoms with Crippen LogP contribution in [0.15, 0.2) is 29.6 Å². The van der Waals surface area contributed by atoms with Crippen LogP contribution < -0.4 is 10.6 Å². The molecule has 0 saturated carbocycles. The maximum absolute atomic E-state index is 13.2. The van der Waals surface area contributed by atoms with Crippen LogP contribution in [0.25, 0.3) is 0 Å². The zero-order chi connectivity index (χ0) is 21.0. The minimum Gasteiger partial charge on any atom is -0.347 e. The normalized spacial score (nSPS) is 17.7. The number of nitrogens with zero attached hydrogens (tertiary/aromatic N) is 2. The summed E-state index contributed by atoms with van der Waals surface area (Å²) in [5.41, 5.74) is 1.30. The fourth-order valence-corrected chi connectivity index (χ4v) is 3.48. The van der Waals surface area contributed by atoms with E-state index >= 15 is 0 Å². The van der Waals surface area contributed by atoms with Gasteiger partial charge in [-0.15, -0.1) is 11.3 Å². The van der Waals surface area contributed by atoms with Crippen molar-refractivity contribution in [1.29, 1.82) is 0 Å². The Hall–Kier alpha value is -2.56. The molecule has 1 aliphatic rings. The van der Waals surface area contributed by atoms with Crippen molar-refractivity contribution >= 4 is 28.4 Å². The van der Waals surface area contributed by atoms with Gasteiger partial charge in [0.05, 0.1) is 18.8 Å². The highest BCUT2D eigenvalue weighted by molar-refractivity contribution is 7.13. The van der Waals surface area contributed by atoms with Crippen LogP contribution in [0.5, 0.6) is 0 Å². The number of amides is 3.